The molecule has 4 heteroatoms. The van der Waals surface area contributed by atoms with Crippen LogP contribution in [0.3, 0.4) is 0 Å². The van der Waals surface area contributed by atoms with Gasteiger partial charge in [0.05, 0.1) is 12.1 Å². The van der Waals surface area contributed by atoms with Gasteiger partial charge in [0.2, 0.25) is 0 Å². The Labute approximate surface area is 96.9 Å². The Morgan fingerprint density at radius 3 is 2.75 bits per heavy atom. The summed E-state index contributed by atoms with van der Waals surface area (Å²) in [5.74, 6) is 0. The van der Waals surface area contributed by atoms with Crippen LogP contribution in [0.1, 0.15) is 33.6 Å². The number of hydrogen-bond acceptors (Lipinski definition) is 3. The molecule has 0 aromatic heterocycles. The van der Waals surface area contributed by atoms with Crippen molar-refractivity contribution in [3.63, 3.8) is 0 Å². The summed E-state index contributed by atoms with van der Waals surface area (Å²) >= 11 is 0. The topological polar surface area (TPSA) is 49.8 Å². The van der Waals surface area contributed by atoms with Gasteiger partial charge < -0.3 is 14.7 Å². The first kappa shape index (κ1) is 13.0. The quantitative estimate of drug-likeness (QED) is 0.733. The van der Waals surface area contributed by atoms with Crippen molar-refractivity contribution in [1.29, 1.82) is 0 Å². The van der Waals surface area contributed by atoms with Crippen LogP contribution in [0, 0.1) is 0 Å². The van der Waals surface area contributed by atoms with Crippen molar-refractivity contribution in [3.05, 3.63) is 12.7 Å². The van der Waals surface area contributed by atoms with Gasteiger partial charge in [0, 0.05) is 6.54 Å². The van der Waals surface area contributed by atoms with Crippen molar-refractivity contribution >= 4 is 6.09 Å². The van der Waals surface area contributed by atoms with Crippen molar-refractivity contribution in [2.45, 2.75) is 51.4 Å². The van der Waals surface area contributed by atoms with E-state index in [2.05, 4.69) is 6.58 Å². The lowest BCUT2D eigenvalue weighted by atomic mass is 10.1. The highest BCUT2D eigenvalue weighted by molar-refractivity contribution is 5.69. The molecule has 1 heterocycles. The smallest absolute Gasteiger partial charge is 0.410 e. The molecule has 1 fully saturated rings. The highest BCUT2D eigenvalue weighted by Gasteiger charge is 2.35. The molecule has 0 radical (unpaired) electrons. The molecule has 0 spiro atoms. The van der Waals surface area contributed by atoms with E-state index < -0.39 is 11.7 Å². The minimum atomic E-state index is -0.671. The molecular weight excluding hydrogens is 206 g/mol. The molecular formula is C12H21NO3. The number of likely N-dealkylation sites (tertiary alicyclic amines) is 1. The number of carbonyl (C=O) groups excluding carboxylic acids is 1. The van der Waals surface area contributed by atoms with Crippen LogP contribution in [0.15, 0.2) is 12.7 Å². The number of amides is 1. The third kappa shape index (κ3) is 3.23. The molecule has 1 aliphatic heterocycles. The first-order valence-corrected chi connectivity index (χ1v) is 5.65. The Hall–Kier alpha value is -1.03. The van der Waals surface area contributed by atoms with Crippen molar-refractivity contribution in [2.75, 3.05) is 6.54 Å². The van der Waals surface area contributed by atoms with E-state index in [1.807, 2.05) is 20.8 Å². The maximum Gasteiger partial charge on any atom is 0.410 e. The Kier molecular flexibility index (Phi) is 3.97. The Bertz CT molecular complexity index is 270. The maximum atomic E-state index is 11.9. The lowest BCUT2D eigenvalue weighted by Gasteiger charge is -2.30. The molecule has 1 rings (SSSR count). The van der Waals surface area contributed by atoms with Crippen LogP contribution >= 0.6 is 0 Å². The normalized spacial score (nSPS) is 23.0. The predicted molar refractivity (Wildman–Crippen MR) is 62.2 cm³/mol. The lowest BCUT2D eigenvalue weighted by Crippen LogP contribution is -2.44. The average Bonchev–Trinajstić information content (AvgIpc) is 2.62. The summed E-state index contributed by atoms with van der Waals surface area (Å²) in [5, 5.41) is 9.71. The highest BCUT2D eigenvalue weighted by atomic mass is 16.6. The van der Waals surface area contributed by atoms with E-state index in [1.54, 1.807) is 4.90 Å². The standard InChI is InChI=1S/C12H21NO3/c1-5-10(14)9-7-6-8-13(9)11(15)16-12(2,3)4/h5,9-10,14H,1,6-8H2,2-4H3. The third-order valence-corrected chi connectivity index (χ3v) is 2.56. The number of nitrogens with zero attached hydrogens (tertiary/aromatic N) is 1. The summed E-state index contributed by atoms with van der Waals surface area (Å²) in [6.07, 6.45) is 2.14. The minimum Gasteiger partial charge on any atom is -0.444 e. The number of aliphatic hydroxyl groups is 1. The van der Waals surface area contributed by atoms with Crippen LogP contribution in [0.25, 0.3) is 0 Å². The van der Waals surface area contributed by atoms with E-state index in [4.69, 9.17) is 4.74 Å². The third-order valence-electron chi connectivity index (χ3n) is 2.56. The Balaban J connectivity index is 2.64. The monoisotopic (exact) mass is 227 g/mol. The van der Waals surface area contributed by atoms with Crippen LogP contribution < -0.4 is 0 Å². The number of carbonyl (C=O) groups is 1. The van der Waals surface area contributed by atoms with E-state index in [0.717, 1.165) is 12.8 Å². The van der Waals surface area contributed by atoms with Gasteiger partial charge in [-0.1, -0.05) is 6.08 Å². The highest BCUT2D eigenvalue weighted by Crippen LogP contribution is 2.23. The molecule has 1 N–H and O–H groups in total. The van der Waals surface area contributed by atoms with Crippen LogP contribution in [0.4, 0.5) is 4.79 Å². The second-order valence-corrected chi connectivity index (χ2v) is 5.11. The molecule has 0 aromatic rings. The lowest BCUT2D eigenvalue weighted by molar-refractivity contribution is 0.0114. The van der Waals surface area contributed by atoms with E-state index in [0.29, 0.717) is 6.54 Å². The Morgan fingerprint density at radius 2 is 2.25 bits per heavy atom. The number of rotatable bonds is 2. The zero-order valence-electron chi connectivity index (χ0n) is 10.3. The number of ether oxygens (including phenoxy) is 1. The molecule has 4 nitrogen and oxygen atoms in total. The van der Waals surface area contributed by atoms with Gasteiger partial charge in [0.25, 0.3) is 0 Å². The summed E-state index contributed by atoms with van der Waals surface area (Å²) in [4.78, 5) is 13.4. The Morgan fingerprint density at radius 1 is 1.62 bits per heavy atom. The molecule has 0 bridgehead atoms. The van der Waals surface area contributed by atoms with Crippen molar-refractivity contribution in [2.24, 2.45) is 0 Å². The minimum absolute atomic E-state index is 0.188. The van der Waals surface area contributed by atoms with Crippen molar-refractivity contribution in [1.82, 2.24) is 4.90 Å². The first-order valence-electron chi connectivity index (χ1n) is 5.65. The molecule has 2 atom stereocenters. The van der Waals surface area contributed by atoms with Crippen LogP contribution in [-0.4, -0.2) is 40.4 Å². The fraction of sp³-hybridized carbons (Fsp3) is 0.750. The van der Waals surface area contributed by atoms with E-state index in [-0.39, 0.29) is 12.1 Å². The fourth-order valence-corrected chi connectivity index (χ4v) is 1.85. The second-order valence-electron chi connectivity index (χ2n) is 5.11. The van der Waals surface area contributed by atoms with Crippen molar-refractivity contribution in [3.8, 4) is 0 Å². The second kappa shape index (κ2) is 4.87. The van der Waals surface area contributed by atoms with E-state index in [1.165, 1.54) is 6.08 Å². The summed E-state index contributed by atoms with van der Waals surface area (Å²) in [6.45, 7) is 9.69. The molecule has 92 valence electrons. The zero-order chi connectivity index (χ0) is 12.3. The predicted octanol–water partition coefficient (Wildman–Crippen LogP) is 1.93. The molecule has 1 aliphatic rings. The van der Waals surface area contributed by atoms with Gasteiger partial charge in [0.1, 0.15) is 5.60 Å². The SMILES string of the molecule is C=CC(O)C1CCCN1C(=O)OC(C)(C)C. The first-order chi connectivity index (χ1) is 7.35. The zero-order valence-corrected chi connectivity index (χ0v) is 10.3. The van der Waals surface area contributed by atoms with Crippen LogP contribution in [0.5, 0.6) is 0 Å². The molecule has 16 heavy (non-hydrogen) atoms. The van der Waals surface area contributed by atoms with E-state index >= 15 is 0 Å². The molecule has 0 aliphatic carbocycles. The maximum absolute atomic E-state index is 11.9. The van der Waals surface area contributed by atoms with Gasteiger partial charge in [-0.05, 0) is 33.6 Å². The van der Waals surface area contributed by atoms with Crippen LogP contribution in [-0.2, 0) is 4.74 Å². The van der Waals surface area contributed by atoms with Gasteiger partial charge in [-0.15, -0.1) is 6.58 Å². The van der Waals surface area contributed by atoms with Gasteiger partial charge in [-0.3, -0.25) is 0 Å². The molecule has 2 unspecified atom stereocenters. The van der Waals surface area contributed by atoms with Crippen LogP contribution in [0.2, 0.25) is 0 Å². The molecule has 1 amide bonds. The summed E-state index contributed by atoms with van der Waals surface area (Å²) in [5.41, 5.74) is -0.497. The fourth-order valence-electron chi connectivity index (χ4n) is 1.85. The molecule has 0 aromatic carbocycles. The largest absolute Gasteiger partial charge is 0.444 e. The van der Waals surface area contributed by atoms with Gasteiger partial charge in [-0.2, -0.15) is 0 Å². The average molecular weight is 227 g/mol. The van der Waals surface area contributed by atoms with Gasteiger partial charge in [-0.25, -0.2) is 4.79 Å². The summed E-state index contributed by atoms with van der Waals surface area (Å²) < 4.78 is 5.29. The van der Waals surface area contributed by atoms with Gasteiger partial charge in [0.15, 0.2) is 0 Å². The van der Waals surface area contributed by atoms with Crippen molar-refractivity contribution < 1.29 is 14.6 Å². The van der Waals surface area contributed by atoms with Gasteiger partial charge >= 0.3 is 6.09 Å². The molecule has 0 saturated carbocycles. The summed E-state index contributed by atoms with van der Waals surface area (Å²) in [7, 11) is 0. The molecule has 1 saturated heterocycles. The number of hydrogen-bond donors (Lipinski definition) is 1. The number of aliphatic hydroxyl groups excluding tert-OH is 1. The van der Waals surface area contributed by atoms with E-state index in [9.17, 15) is 9.90 Å². The summed E-state index contributed by atoms with van der Waals surface area (Å²) in [6, 6.07) is -0.188.